The van der Waals surface area contributed by atoms with Gasteiger partial charge in [-0.3, -0.25) is 10.1 Å². The smallest absolute Gasteiger partial charge is 0.352 e. The van der Waals surface area contributed by atoms with Gasteiger partial charge in [0.2, 0.25) is 11.5 Å². The molecule has 0 atom stereocenters. The number of hydrogen-bond acceptors (Lipinski definition) is 4. The Kier molecular flexibility index (Phi) is 6.48. The minimum Gasteiger partial charge on any atom is -0.490 e. The van der Waals surface area contributed by atoms with Crippen molar-refractivity contribution in [1.29, 1.82) is 0 Å². The Morgan fingerprint density at radius 3 is 2.04 bits per heavy atom. The normalized spacial score (nSPS) is 11.1. The van der Waals surface area contributed by atoms with E-state index in [9.17, 15) is 10.1 Å². The van der Waals surface area contributed by atoms with Crippen molar-refractivity contribution in [1.82, 2.24) is 0 Å². The third-order valence-electron chi connectivity index (χ3n) is 4.18. The van der Waals surface area contributed by atoms with Gasteiger partial charge in [-0.05, 0) is 40.7 Å². The molecule has 0 N–H and O–H groups in total. The molecule has 0 spiro atoms. The van der Waals surface area contributed by atoms with Crippen molar-refractivity contribution in [2.45, 2.75) is 45.4 Å². The van der Waals surface area contributed by atoms with E-state index >= 15 is 0 Å². The van der Waals surface area contributed by atoms with Gasteiger partial charge in [-0.2, -0.15) is 0 Å². The fraction of sp³-hybridized carbons (Fsp3) is 0.400. The van der Waals surface area contributed by atoms with Crippen molar-refractivity contribution < 1.29 is 14.4 Å². The number of methoxy groups -OCH3 is 1. The molecule has 6 heteroatoms. The van der Waals surface area contributed by atoms with Crippen LogP contribution in [0.25, 0.3) is 0 Å². The lowest BCUT2D eigenvalue weighted by Crippen LogP contribution is -2.04. The maximum atomic E-state index is 11.6. The Morgan fingerprint density at radius 1 is 1.08 bits per heavy atom. The molecule has 26 heavy (non-hydrogen) atoms. The molecule has 0 heterocycles. The van der Waals surface area contributed by atoms with Crippen LogP contribution in [0.3, 0.4) is 0 Å². The highest BCUT2D eigenvalue weighted by Crippen LogP contribution is 2.43. The predicted molar refractivity (Wildman–Crippen MR) is 104 cm³/mol. The summed E-state index contributed by atoms with van der Waals surface area (Å²) in [7, 11) is 1.40. The van der Waals surface area contributed by atoms with Crippen LogP contribution < -0.4 is 9.47 Å². The molecule has 0 unspecified atom stereocenters. The van der Waals surface area contributed by atoms with Gasteiger partial charge in [0.25, 0.3) is 0 Å². The minimum atomic E-state index is -0.481. The van der Waals surface area contributed by atoms with Gasteiger partial charge in [0.1, 0.15) is 5.75 Å². The molecule has 0 fully saturated rings. The van der Waals surface area contributed by atoms with E-state index in [1.807, 2.05) is 12.1 Å². The van der Waals surface area contributed by atoms with Crippen LogP contribution in [0.2, 0.25) is 0 Å². The zero-order valence-corrected chi connectivity index (χ0v) is 16.5. The molecule has 0 aromatic heterocycles. The Labute approximate surface area is 159 Å². The SMILES string of the molecule is COc1cccc(Oc2c(C(C)C)cc(CCl)cc2C(C)C)c1[N+](=O)[O-]. The molecule has 2 aromatic rings. The van der Waals surface area contributed by atoms with Crippen LogP contribution >= 0.6 is 11.6 Å². The summed E-state index contributed by atoms with van der Waals surface area (Å²) >= 11 is 6.05. The molecule has 0 saturated carbocycles. The number of nitro benzene ring substituents is 1. The molecule has 0 radical (unpaired) electrons. The summed E-state index contributed by atoms with van der Waals surface area (Å²) < 4.78 is 11.3. The van der Waals surface area contributed by atoms with Gasteiger partial charge < -0.3 is 9.47 Å². The summed E-state index contributed by atoms with van der Waals surface area (Å²) in [5.41, 5.74) is 2.78. The van der Waals surface area contributed by atoms with Crippen LogP contribution in [0.5, 0.6) is 17.2 Å². The first kappa shape index (κ1) is 20.0. The first-order valence-corrected chi connectivity index (χ1v) is 9.05. The van der Waals surface area contributed by atoms with Crippen molar-refractivity contribution in [3.05, 3.63) is 57.1 Å². The lowest BCUT2D eigenvalue weighted by Gasteiger charge is -2.21. The van der Waals surface area contributed by atoms with Crippen LogP contribution in [0.4, 0.5) is 5.69 Å². The average Bonchev–Trinajstić information content (AvgIpc) is 2.60. The first-order chi connectivity index (χ1) is 12.3. The number of para-hydroxylation sites is 1. The summed E-state index contributed by atoms with van der Waals surface area (Å²) in [5, 5.41) is 11.6. The number of hydrogen-bond donors (Lipinski definition) is 0. The second-order valence-corrected chi connectivity index (χ2v) is 6.98. The molecule has 0 aliphatic carbocycles. The Morgan fingerprint density at radius 2 is 1.62 bits per heavy atom. The zero-order chi connectivity index (χ0) is 19.4. The standard InChI is InChI=1S/C20H24ClNO4/c1-12(2)15-9-14(11-21)10-16(13(3)4)20(15)26-18-8-6-7-17(25-5)19(18)22(23)24/h6-10,12-13H,11H2,1-5H3. The quantitative estimate of drug-likeness (QED) is 0.319. The second kappa shape index (κ2) is 8.41. The van der Waals surface area contributed by atoms with Gasteiger partial charge in [-0.15, -0.1) is 11.6 Å². The third kappa shape index (κ3) is 4.10. The zero-order valence-electron chi connectivity index (χ0n) is 15.7. The molecular formula is C20H24ClNO4. The van der Waals surface area contributed by atoms with Crippen molar-refractivity contribution in [3.8, 4) is 17.2 Å². The van der Waals surface area contributed by atoms with Crippen LogP contribution in [-0.2, 0) is 5.88 Å². The maximum absolute atomic E-state index is 11.6. The maximum Gasteiger partial charge on any atom is 0.352 e. The van der Waals surface area contributed by atoms with E-state index < -0.39 is 4.92 Å². The van der Waals surface area contributed by atoms with E-state index in [-0.39, 0.29) is 29.0 Å². The molecule has 0 aliphatic rings. The van der Waals surface area contributed by atoms with E-state index in [0.717, 1.165) is 16.7 Å². The van der Waals surface area contributed by atoms with E-state index in [1.165, 1.54) is 7.11 Å². The average molecular weight is 378 g/mol. The summed E-state index contributed by atoms with van der Waals surface area (Å²) in [6.07, 6.45) is 0. The second-order valence-electron chi connectivity index (χ2n) is 6.71. The van der Waals surface area contributed by atoms with Gasteiger partial charge in [-0.25, -0.2) is 0 Å². The van der Waals surface area contributed by atoms with E-state index in [1.54, 1.807) is 18.2 Å². The summed E-state index contributed by atoms with van der Waals surface area (Å²) in [6.45, 7) is 8.24. The van der Waals surface area contributed by atoms with Crippen molar-refractivity contribution >= 4 is 17.3 Å². The van der Waals surface area contributed by atoms with Crippen molar-refractivity contribution in [2.24, 2.45) is 0 Å². The van der Waals surface area contributed by atoms with Gasteiger partial charge in [-0.1, -0.05) is 45.9 Å². The largest absolute Gasteiger partial charge is 0.490 e. The highest BCUT2D eigenvalue weighted by atomic mass is 35.5. The summed E-state index contributed by atoms with van der Waals surface area (Å²) in [5.74, 6) is 1.74. The fourth-order valence-electron chi connectivity index (χ4n) is 2.83. The molecule has 2 rings (SSSR count). The highest BCUT2D eigenvalue weighted by molar-refractivity contribution is 6.17. The number of rotatable bonds is 7. The van der Waals surface area contributed by atoms with E-state index in [4.69, 9.17) is 21.1 Å². The minimum absolute atomic E-state index is 0.164. The highest BCUT2D eigenvalue weighted by Gasteiger charge is 2.25. The third-order valence-corrected chi connectivity index (χ3v) is 4.49. The van der Waals surface area contributed by atoms with Gasteiger partial charge in [0.05, 0.1) is 12.0 Å². The first-order valence-electron chi connectivity index (χ1n) is 8.52. The number of halogens is 1. The number of benzene rings is 2. The molecule has 0 amide bonds. The molecule has 2 aromatic carbocycles. The molecule has 140 valence electrons. The lowest BCUT2D eigenvalue weighted by atomic mass is 9.91. The Hall–Kier alpha value is -2.27. The van der Waals surface area contributed by atoms with Crippen molar-refractivity contribution in [2.75, 3.05) is 7.11 Å². The lowest BCUT2D eigenvalue weighted by molar-refractivity contribution is -0.386. The summed E-state index contributed by atoms with van der Waals surface area (Å²) in [6, 6.07) is 8.83. The molecule has 0 bridgehead atoms. The molecular weight excluding hydrogens is 354 g/mol. The number of ether oxygens (including phenoxy) is 2. The van der Waals surface area contributed by atoms with Crippen LogP contribution in [0.1, 0.15) is 56.2 Å². The number of alkyl halides is 1. The van der Waals surface area contributed by atoms with E-state index in [2.05, 4.69) is 27.7 Å². The van der Waals surface area contributed by atoms with Crippen LogP contribution in [-0.4, -0.2) is 12.0 Å². The van der Waals surface area contributed by atoms with Gasteiger partial charge >= 0.3 is 5.69 Å². The number of nitro groups is 1. The Balaban J connectivity index is 2.68. The topological polar surface area (TPSA) is 61.6 Å². The fourth-order valence-corrected chi connectivity index (χ4v) is 2.99. The number of nitrogens with zero attached hydrogens (tertiary/aromatic N) is 1. The van der Waals surface area contributed by atoms with Crippen LogP contribution in [0.15, 0.2) is 30.3 Å². The van der Waals surface area contributed by atoms with Crippen molar-refractivity contribution in [3.63, 3.8) is 0 Å². The molecule has 0 aliphatic heterocycles. The Bertz CT molecular complexity index is 773. The summed E-state index contributed by atoms with van der Waals surface area (Å²) in [4.78, 5) is 11.1. The monoisotopic (exact) mass is 377 g/mol. The van der Waals surface area contributed by atoms with E-state index in [0.29, 0.717) is 11.6 Å². The molecule has 0 saturated heterocycles. The van der Waals surface area contributed by atoms with Gasteiger partial charge in [0, 0.05) is 5.88 Å². The molecule has 5 nitrogen and oxygen atoms in total. The van der Waals surface area contributed by atoms with Gasteiger partial charge in [0.15, 0.2) is 0 Å². The predicted octanol–water partition coefficient (Wildman–Crippen LogP) is 6.38. The van der Waals surface area contributed by atoms with Crippen LogP contribution in [0, 0.1) is 10.1 Å².